The Kier molecular flexibility index (Phi) is 9.03. The van der Waals surface area contributed by atoms with Crippen molar-refractivity contribution in [2.45, 2.75) is 56.8 Å². The van der Waals surface area contributed by atoms with Crippen LogP contribution in [0.15, 0.2) is 60.8 Å². The lowest BCUT2D eigenvalue weighted by atomic mass is 9.87. The van der Waals surface area contributed by atoms with Gasteiger partial charge in [0.05, 0.1) is 0 Å². The third kappa shape index (κ3) is 6.30. The van der Waals surface area contributed by atoms with Crippen molar-refractivity contribution in [3.05, 3.63) is 82.9 Å². The van der Waals surface area contributed by atoms with Crippen molar-refractivity contribution < 1.29 is 32.7 Å². The summed E-state index contributed by atoms with van der Waals surface area (Å²) in [5.41, 5.74) is -0.132. The van der Waals surface area contributed by atoms with E-state index in [0.717, 1.165) is 21.9 Å². The third-order valence-corrected chi connectivity index (χ3v) is 7.35. The number of hydrogen-bond donors (Lipinski definition) is 2. The van der Waals surface area contributed by atoms with Crippen molar-refractivity contribution in [3.8, 4) is 6.07 Å². The maximum Gasteiger partial charge on any atom is 0.259 e. The minimum absolute atomic E-state index is 0. The van der Waals surface area contributed by atoms with Gasteiger partial charge in [0.1, 0.15) is 35.8 Å². The molecule has 1 aliphatic carbocycles. The van der Waals surface area contributed by atoms with Gasteiger partial charge in [-0.3, -0.25) is 24.2 Å². The summed E-state index contributed by atoms with van der Waals surface area (Å²) in [5, 5.41) is 22.3. The van der Waals surface area contributed by atoms with Crippen LogP contribution in [0.1, 0.15) is 44.0 Å². The number of nitrogens with one attached hydrogen (secondary N) is 1. The Morgan fingerprint density at radius 2 is 1.91 bits per heavy atom. The van der Waals surface area contributed by atoms with Gasteiger partial charge in [0, 0.05) is 47.8 Å². The summed E-state index contributed by atoms with van der Waals surface area (Å²) in [7, 11) is 0. The molecule has 3 atom stereocenters. The minimum atomic E-state index is -2.95. The van der Waals surface area contributed by atoms with Gasteiger partial charge in [-0.2, -0.15) is 5.26 Å². The van der Waals surface area contributed by atoms with Crippen LogP contribution in [-0.4, -0.2) is 56.9 Å². The molecule has 2 fully saturated rings. The molecule has 3 aromatic rings. The Labute approximate surface area is 249 Å². The topological polar surface area (TPSA) is 140 Å². The molecule has 2 aliphatic rings. The Balaban J connectivity index is 0.00000423. The van der Waals surface area contributed by atoms with Crippen molar-refractivity contribution >= 4 is 41.0 Å². The molecule has 1 aliphatic heterocycles. The number of nitriles is 1. The SMILES string of the molecule is C.N#Cc1ccnc(N2C(=O)[C@@H](O)C[C@H]2C(=O)N(c2cccc(F)c2)[C@H](C(=O)NC2CC(F)(F)C2)c2ccccc2Cl)n1. The normalized spacial score (nSPS) is 19.9. The molecule has 2 aromatic carbocycles. The average Bonchev–Trinajstić information content (AvgIpc) is 3.24. The van der Waals surface area contributed by atoms with Gasteiger partial charge < -0.3 is 10.4 Å². The fourth-order valence-electron chi connectivity index (χ4n) is 5.04. The summed E-state index contributed by atoms with van der Waals surface area (Å²) in [6.07, 6.45) is -2.13. The average molecular weight is 615 g/mol. The first kappa shape index (κ1) is 31.4. The van der Waals surface area contributed by atoms with Crippen molar-refractivity contribution in [3.63, 3.8) is 0 Å². The number of rotatable bonds is 7. The van der Waals surface area contributed by atoms with Gasteiger partial charge in [0.25, 0.3) is 17.7 Å². The number of alkyl halides is 2. The number of aromatic nitrogens is 2. The highest BCUT2D eigenvalue weighted by molar-refractivity contribution is 6.31. The Morgan fingerprint density at radius 1 is 1.19 bits per heavy atom. The number of carbonyl (C=O) groups is 3. The van der Waals surface area contributed by atoms with Crippen LogP contribution in [0.2, 0.25) is 5.02 Å². The largest absolute Gasteiger partial charge is 0.383 e. The van der Waals surface area contributed by atoms with Gasteiger partial charge in [-0.1, -0.05) is 43.3 Å². The van der Waals surface area contributed by atoms with Gasteiger partial charge >= 0.3 is 0 Å². The maximum absolute atomic E-state index is 14.5. The Bertz CT molecular complexity index is 1590. The number of hydrogen-bond acceptors (Lipinski definition) is 7. The van der Waals surface area contributed by atoms with Gasteiger partial charge in [-0.25, -0.2) is 23.1 Å². The minimum Gasteiger partial charge on any atom is -0.383 e. The number of nitrogens with zero attached hydrogens (tertiary/aromatic N) is 5. The van der Waals surface area contributed by atoms with E-state index in [1.807, 2.05) is 0 Å². The number of carbonyl (C=O) groups excluding carboxylic acids is 3. The zero-order valence-corrected chi connectivity index (χ0v) is 22.4. The molecule has 0 unspecified atom stereocenters. The number of aliphatic hydroxyl groups is 1. The first-order chi connectivity index (χ1) is 20.0. The van der Waals surface area contributed by atoms with Crippen LogP contribution in [0, 0.1) is 17.1 Å². The van der Waals surface area contributed by atoms with Crippen molar-refractivity contribution in [1.82, 2.24) is 15.3 Å². The molecule has 2 heterocycles. The summed E-state index contributed by atoms with van der Waals surface area (Å²) in [4.78, 5) is 50.9. The molecule has 2 N–H and O–H groups in total. The monoisotopic (exact) mass is 614 g/mol. The molecule has 0 spiro atoms. The van der Waals surface area contributed by atoms with E-state index >= 15 is 0 Å². The summed E-state index contributed by atoms with van der Waals surface area (Å²) in [6, 6.07) is 9.85. The van der Waals surface area contributed by atoms with E-state index in [-0.39, 0.29) is 35.3 Å². The molecule has 14 heteroatoms. The van der Waals surface area contributed by atoms with Crippen molar-refractivity contribution in [1.29, 1.82) is 5.26 Å². The molecule has 5 rings (SSSR count). The van der Waals surface area contributed by atoms with E-state index in [1.165, 1.54) is 36.5 Å². The standard InChI is InChI=1S/C28H22ClF3N6O4.CH4/c29-20-7-2-1-6-19(20)23(24(40)35-17-12-28(31,32)13-17)37(18-5-3-4-15(30)10-18)25(41)21-11-22(39)26(42)38(21)27-34-9-8-16(14-33)36-27;/h1-10,17,21-23,39H,11-13H2,(H,35,40);1H4/t21-,22-,23-;/m0./s1. The van der Waals surface area contributed by atoms with E-state index in [2.05, 4.69) is 15.3 Å². The molecular formula is C29H26ClF3N6O4. The second-order valence-electron chi connectivity index (χ2n) is 9.91. The van der Waals surface area contributed by atoms with Crippen molar-refractivity contribution in [2.75, 3.05) is 9.80 Å². The molecule has 1 saturated carbocycles. The molecule has 43 heavy (non-hydrogen) atoms. The quantitative estimate of drug-likeness (QED) is 0.411. The fourth-order valence-corrected chi connectivity index (χ4v) is 5.27. The second-order valence-corrected chi connectivity index (χ2v) is 10.3. The zero-order valence-electron chi connectivity index (χ0n) is 21.6. The molecule has 1 saturated heterocycles. The maximum atomic E-state index is 14.5. The Hall–Kier alpha value is -4.54. The van der Waals surface area contributed by atoms with Crippen LogP contribution in [0.25, 0.3) is 0 Å². The molecule has 1 aromatic heterocycles. The smallest absolute Gasteiger partial charge is 0.259 e. The highest BCUT2D eigenvalue weighted by Crippen LogP contribution is 2.39. The van der Waals surface area contributed by atoms with Crippen LogP contribution in [0.3, 0.4) is 0 Å². The summed E-state index contributed by atoms with van der Waals surface area (Å²) in [5.74, 6) is -6.81. The van der Waals surface area contributed by atoms with Crippen LogP contribution in [-0.2, 0) is 14.4 Å². The molecule has 10 nitrogen and oxygen atoms in total. The first-order valence-corrected chi connectivity index (χ1v) is 13.1. The summed E-state index contributed by atoms with van der Waals surface area (Å²) in [6.45, 7) is 0. The highest BCUT2D eigenvalue weighted by atomic mass is 35.5. The predicted octanol–water partition coefficient (Wildman–Crippen LogP) is 3.93. The second kappa shape index (κ2) is 12.4. The van der Waals surface area contributed by atoms with E-state index in [4.69, 9.17) is 11.6 Å². The van der Waals surface area contributed by atoms with Crippen LogP contribution >= 0.6 is 11.6 Å². The summed E-state index contributed by atoms with van der Waals surface area (Å²) < 4.78 is 41.7. The van der Waals surface area contributed by atoms with E-state index in [1.54, 1.807) is 18.2 Å². The highest BCUT2D eigenvalue weighted by Gasteiger charge is 2.50. The zero-order chi connectivity index (χ0) is 30.2. The molecular weight excluding hydrogens is 589 g/mol. The predicted molar refractivity (Wildman–Crippen MR) is 150 cm³/mol. The van der Waals surface area contributed by atoms with Crippen LogP contribution in [0.5, 0.6) is 0 Å². The molecule has 3 amide bonds. The number of amides is 3. The number of aliphatic hydroxyl groups excluding tert-OH is 1. The number of benzene rings is 2. The van der Waals surface area contributed by atoms with Gasteiger partial charge in [-0.15, -0.1) is 0 Å². The van der Waals surface area contributed by atoms with Crippen LogP contribution < -0.4 is 15.1 Å². The van der Waals surface area contributed by atoms with Crippen molar-refractivity contribution in [2.24, 2.45) is 0 Å². The van der Waals surface area contributed by atoms with Gasteiger partial charge in [0.2, 0.25) is 11.9 Å². The van der Waals surface area contributed by atoms with E-state index < -0.39 is 73.0 Å². The third-order valence-electron chi connectivity index (χ3n) is 7.01. The first-order valence-electron chi connectivity index (χ1n) is 12.7. The van der Waals surface area contributed by atoms with Crippen LogP contribution in [0.4, 0.5) is 24.8 Å². The molecule has 0 bridgehead atoms. The number of anilines is 2. The number of halogens is 4. The van der Waals surface area contributed by atoms with Gasteiger partial charge in [-0.05, 0) is 30.3 Å². The van der Waals surface area contributed by atoms with Gasteiger partial charge in [0.15, 0.2) is 0 Å². The van der Waals surface area contributed by atoms with E-state index in [0.29, 0.717) is 0 Å². The fraction of sp³-hybridized carbons (Fsp3) is 0.310. The molecule has 224 valence electrons. The van der Waals surface area contributed by atoms with E-state index in [9.17, 15) is 37.9 Å². The molecule has 0 radical (unpaired) electrons. The Morgan fingerprint density at radius 3 is 2.56 bits per heavy atom. The lowest BCUT2D eigenvalue weighted by Crippen LogP contribution is -2.56. The lowest BCUT2D eigenvalue weighted by molar-refractivity contribution is -0.133. The lowest BCUT2D eigenvalue weighted by Gasteiger charge is -2.39. The summed E-state index contributed by atoms with van der Waals surface area (Å²) >= 11 is 6.46.